The molecule has 0 saturated carbocycles. The number of carbonyl (C=O) groups is 1. The molecule has 0 saturated heterocycles. The second-order valence-electron chi connectivity index (χ2n) is 4.76. The summed E-state index contributed by atoms with van der Waals surface area (Å²) >= 11 is 0. The molecule has 0 unspecified atom stereocenters. The third-order valence-corrected chi connectivity index (χ3v) is 3.16. The summed E-state index contributed by atoms with van der Waals surface area (Å²) in [5, 5.41) is 6.54. The molecule has 0 radical (unpaired) electrons. The first-order valence-corrected chi connectivity index (χ1v) is 6.62. The Kier molecular flexibility index (Phi) is 3.51. The second-order valence-corrected chi connectivity index (χ2v) is 4.76. The average Bonchev–Trinajstić information content (AvgIpc) is 2.96. The number of benzene rings is 2. The predicted molar refractivity (Wildman–Crippen MR) is 81.1 cm³/mol. The Bertz CT molecular complexity index is 763. The van der Waals surface area contributed by atoms with Gasteiger partial charge in [0.1, 0.15) is 0 Å². The molecule has 0 aliphatic carbocycles. The van der Waals surface area contributed by atoms with Crippen LogP contribution < -0.4 is 5.32 Å². The lowest BCUT2D eigenvalue weighted by Gasteiger charge is -2.05. The lowest BCUT2D eigenvalue weighted by atomic mass is 10.1. The van der Waals surface area contributed by atoms with Gasteiger partial charge in [-0.1, -0.05) is 53.2 Å². The number of nitrogens with zero attached hydrogens (tertiary/aromatic N) is 1. The second kappa shape index (κ2) is 5.63. The third-order valence-electron chi connectivity index (χ3n) is 3.16. The topological polar surface area (TPSA) is 55.1 Å². The van der Waals surface area contributed by atoms with Crippen LogP contribution in [0.2, 0.25) is 0 Å². The van der Waals surface area contributed by atoms with E-state index in [1.165, 1.54) is 0 Å². The minimum absolute atomic E-state index is 0.215. The summed E-state index contributed by atoms with van der Waals surface area (Å²) in [4.78, 5) is 12.2. The number of aromatic nitrogens is 1. The number of carbonyl (C=O) groups excluding carboxylic acids is 1. The van der Waals surface area contributed by atoms with Crippen LogP contribution in [0, 0.1) is 6.92 Å². The molecule has 0 spiro atoms. The highest BCUT2D eigenvalue weighted by atomic mass is 16.5. The number of hydrogen-bond donors (Lipinski definition) is 1. The molecule has 21 heavy (non-hydrogen) atoms. The molecule has 2 aromatic carbocycles. The van der Waals surface area contributed by atoms with Crippen LogP contribution in [0.4, 0.5) is 5.88 Å². The zero-order valence-electron chi connectivity index (χ0n) is 11.5. The Hall–Kier alpha value is -2.88. The first-order valence-electron chi connectivity index (χ1n) is 6.62. The lowest BCUT2D eigenvalue weighted by Crippen LogP contribution is -2.12. The van der Waals surface area contributed by atoms with E-state index >= 15 is 0 Å². The quantitative estimate of drug-likeness (QED) is 0.790. The smallest absolute Gasteiger partial charge is 0.258 e. The van der Waals surface area contributed by atoms with Gasteiger partial charge in [-0.3, -0.25) is 10.1 Å². The highest BCUT2D eigenvalue weighted by molar-refractivity contribution is 6.05. The van der Waals surface area contributed by atoms with Gasteiger partial charge >= 0.3 is 0 Å². The van der Waals surface area contributed by atoms with E-state index < -0.39 is 0 Å². The first-order chi connectivity index (χ1) is 10.2. The van der Waals surface area contributed by atoms with Crippen LogP contribution in [0.25, 0.3) is 11.1 Å². The average molecular weight is 278 g/mol. The molecule has 4 nitrogen and oxygen atoms in total. The van der Waals surface area contributed by atoms with Crippen LogP contribution in [-0.4, -0.2) is 11.1 Å². The fourth-order valence-corrected chi connectivity index (χ4v) is 2.11. The summed E-state index contributed by atoms with van der Waals surface area (Å²) in [5.74, 6) is 0.139. The monoisotopic (exact) mass is 278 g/mol. The molecule has 0 atom stereocenters. The lowest BCUT2D eigenvalue weighted by molar-refractivity contribution is 0.102. The maximum atomic E-state index is 12.2. The Morgan fingerprint density at radius 2 is 1.90 bits per heavy atom. The van der Waals surface area contributed by atoms with Crippen LogP contribution in [0.15, 0.2) is 65.3 Å². The van der Waals surface area contributed by atoms with E-state index in [0.29, 0.717) is 11.4 Å². The molecule has 0 bridgehead atoms. The fourth-order valence-electron chi connectivity index (χ4n) is 2.11. The Morgan fingerprint density at radius 1 is 1.10 bits per heavy atom. The van der Waals surface area contributed by atoms with E-state index in [0.717, 1.165) is 16.7 Å². The number of anilines is 1. The number of amides is 1. The minimum atomic E-state index is -0.215. The van der Waals surface area contributed by atoms with E-state index in [1.807, 2.05) is 55.5 Å². The van der Waals surface area contributed by atoms with Crippen LogP contribution in [-0.2, 0) is 0 Å². The highest BCUT2D eigenvalue weighted by Gasteiger charge is 2.14. The number of nitrogens with one attached hydrogen (secondary N) is 1. The first kappa shape index (κ1) is 13.1. The predicted octanol–water partition coefficient (Wildman–Crippen LogP) is 3.90. The molecule has 4 heteroatoms. The summed E-state index contributed by atoms with van der Waals surface area (Å²) in [5.41, 5.74) is 3.32. The summed E-state index contributed by atoms with van der Waals surface area (Å²) < 4.78 is 5.16. The molecule has 0 fully saturated rings. The van der Waals surface area contributed by atoms with Crippen molar-refractivity contribution >= 4 is 11.8 Å². The number of aryl methyl sites for hydroxylation is 1. The molecular formula is C17H14N2O2. The van der Waals surface area contributed by atoms with Gasteiger partial charge in [0.2, 0.25) is 5.88 Å². The van der Waals surface area contributed by atoms with Gasteiger partial charge in [-0.05, 0) is 24.6 Å². The molecule has 1 aromatic heterocycles. The summed E-state index contributed by atoms with van der Waals surface area (Å²) in [6, 6.07) is 17.0. The third kappa shape index (κ3) is 2.84. The summed E-state index contributed by atoms with van der Waals surface area (Å²) in [7, 11) is 0. The van der Waals surface area contributed by atoms with Gasteiger partial charge in [0.25, 0.3) is 5.91 Å². The molecule has 0 aliphatic heterocycles. The molecule has 0 aliphatic rings. The van der Waals surface area contributed by atoms with Crippen LogP contribution in [0.1, 0.15) is 15.9 Å². The van der Waals surface area contributed by atoms with E-state index in [9.17, 15) is 4.79 Å². The van der Waals surface area contributed by atoms with Crippen molar-refractivity contribution < 1.29 is 9.32 Å². The van der Waals surface area contributed by atoms with E-state index in [1.54, 1.807) is 12.3 Å². The van der Waals surface area contributed by atoms with Gasteiger partial charge in [0.05, 0.1) is 11.8 Å². The number of rotatable bonds is 3. The maximum Gasteiger partial charge on any atom is 0.258 e. The van der Waals surface area contributed by atoms with Crippen molar-refractivity contribution in [3.63, 3.8) is 0 Å². The van der Waals surface area contributed by atoms with Gasteiger partial charge in [0.15, 0.2) is 0 Å². The maximum absolute atomic E-state index is 12.2. The largest absolute Gasteiger partial charge is 0.338 e. The van der Waals surface area contributed by atoms with Crippen molar-refractivity contribution in [2.45, 2.75) is 6.92 Å². The standard InChI is InChI=1S/C17H14N2O2/c1-12-6-5-9-14(10-12)16(20)19-17-15(11-18-21-17)13-7-3-2-4-8-13/h2-11H,1H3,(H,19,20). The zero-order valence-corrected chi connectivity index (χ0v) is 11.5. The van der Waals surface area contributed by atoms with Gasteiger partial charge in [-0.2, -0.15) is 0 Å². The molecule has 1 heterocycles. The van der Waals surface area contributed by atoms with Gasteiger partial charge in [-0.15, -0.1) is 0 Å². The van der Waals surface area contributed by atoms with Crippen molar-refractivity contribution in [1.82, 2.24) is 5.16 Å². The molecule has 1 N–H and O–H groups in total. The Balaban J connectivity index is 1.87. The van der Waals surface area contributed by atoms with Crippen molar-refractivity contribution in [2.75, 3.05) is 5.32 Å². The highest BCUT2D eigenvalue weighted by Crippen LogP contribution is 2.27. The Labute approximate surface area is 122 Å². The fraction of sp³-hybridized carbons (Fsp3) is 0.0588. The summed E-state index contributed by atoms with van der Waals surface area (Å²) in [6.07, 6.45) is 1.60. The van der Waals surface area contributed by atoms with Crippen molar-refractivity contribution in [1.29, 1.82) is 0 Å². The van der Waals surface area contributed by atoms with Crippen molar-refractivity contribution in [2.24, 2.45) is 0 Å². The zero-order chi connectivity index (χ0) is 14.7. The minimum Gasteiger partial charge on any atom is -0.338 e. The summed E-state index contributed by atoms with van der Waals surface area (Å²) in [6.45, 7) is 1.95. The number of hydrogen-bond acceptors (Lipinski definition) is 3. The van der Waals surface area contributed by atoms with E-state index in [-0.39, 0.29) is 5.91 Å². The molecule has 104 valence electrons. The molecule has 3 rings (SSSR count). The van der Waals surface area contributed by atoms with E-state index in [2.05, 4.69) is 10.5 Å². The molecular weight excluding hydrogens is 264 g/mol. The Morgan fingerprint density at radius 3 is 2.67 bits per heavy atom. The normalized spacial score (nSPS) is 10.3. The van der Waals surface area contributed by atoms with E-state index in [4.69, 9.17) is 4.52 Å². The van der Waals surface area contributed by atoms with Gasteiger partial charge in [-0.25, -0.2) is 0 Å². The van der Waals surface area contributed by atoms with Crippen molar-refractivity contribution in [3.05, 3.63) is 71.9 Å². The molecule has 1 amide bonds. The van der Waals surface area contributed by atoms with Crippen LogP contribution in [0.5, 0.6) is 0 Å². The molecule has 3 aromatic rings. The van der Waals surface area contributed by atoms with Gasteiger partial charge in [0, 0.05) is 5.56 Å². The SMILES string of the molecule is Cc1cccc(C(=O)Nc2oncc2-c2ccccc2)c1. The van der Waals surface area contributed by atoms with Crippen LogP contribution >= 0.6 is 0 Å². The van der Waals surface area contributed by atoms with Crippen LogP contribution in [0.3, 0.4) is 0 Å². The van der Waals surface area contributed by atoms with Crippen molar-refractivity contribution in [3.8, 4) is 11.1 Å². The van der Waals surface area contributed by atoms with Gasteiger partial charge < -0.3 is 4.52 Å².